The minimum atomic E-state index is -4.85. The van der Waals surface area contributed by atoms with Crippen LogP contribution in [-0.4, -0.2) is 22.2 Å². The lowest BCUT2D eigenvalue weighted by molar-refractivity contribution is -0.138. The van der Waals surface area contributed by atoms with Crippen molar-refractivity contribution in [2.24, 2.45) is 0 Å². The number of carboxylic acids is 1. The van der Waals surface area contributed by atoms with Gasteiger partial charge in [0.15, 0.2) is 0 Å². The van der Waals surface area contributed by atoms with E-state index in [1.807, 2.05) is 0 Å². The van der Waals surface area contributed by atoms with Gasteiger partial charge in [-0.2, -0.15) is 13.2 Å². The summed E-state index contributed by atoms with van der Waals surface area (Å²) in [6.45, 7) is 3.15. The van der Waals surface area contributed by atoms with Crippen LogP contribution in [-0.2, 0) is 6.18 Å². The zero-order valence-electron chi connectivity index (χ0n) is 12.7. The predicted molar refractivity (Wildman–Crippen MR) is 85.1 cm³/mol. The maximum atomic E-state index is 13.3. The number of hydrogen-bond donors (Lipinski definition) is 1. The highest BCUT2D eigenvalue weighted by molar-refractivity contribution is 9.10. The Balaban J connectivity index is 2.74. The molecule has 128 valence electrons. The van der Waals surface area contributed by atoms with Crippen LogP contribution in [0, 0.1) is 0 Å². The third-order valence-corrected chi connectivity index (χ3v) is 3.52. The Kier molecular flexibility index (Phi) is 5.17. The fourth-order valence-electron chi connectivity index (χ4n) is 2.03. The van der Waals surface area contributed by atoms with Crippen LogP contribution in [0.3, 0.4) is 0 Å². The largest absolute Gasteiger partial charge is 0.477 e. The molecule has 24 heavy (non-hydrogen) atoms. The number of ether oxygens (including phenoxy) is 1. The molecule has 0 unspecified atom stereocenters. The number of rotatable bonds is 4. The molecular weight excluding hydrogens is 391 g/mol. The van der Waals surface area contributed by atoms with Crippen molar-refractivity contribution in [3.63, 3.8) is 0 Å². The molecule has 1 heterocycles. The first-order valence-electron chi connectivity index (χ1n) is 6.87. The van der Waals surface area contributed by atoms with Gasteiger partial charge in [0.1, 0.15) is 5.56 Å². The Bertz CT molecular complexity index is 758. The molecule has 0 atom stereocenters. The van der Waals surface area contributed by atoms with E-state index in [1.165, 1.54) is 0 Å². The Hall–Kier alpha value is -2.09. The number of alkyl halides is 3. The molecule has 1 aromatic heterocycles. The van der Waals surface area contributed by atoms with Crippen molar-refractivity contribution < 1.29 is 27.8 Å². The fourth-order valence-corrected chi connectivity index (χ4v) is 2.29. The highest BCUT2D eigenvalue weighted by Crippen LogP contribution is 2.38. The zero-order chi connectivity index (χ0) is 18.1. The summed E-state index contributed by atoms with van der Waals surface area (Å²) >= 11 is 3.24. The first-order chi connectivity index (χ1) is 11.1. The number of hydrogen-bond acceptors (Lipinski definition) is 3. The number of aromatic nitrogens is 1. The molecular formula is C16H13BrF3NO3. The molecule has 2 rings (SSSR count). The van der Waals surface area contributed by atoms with Gasteiger partial charge < -0.3 is 9.84 Å². The quantitative estimate of drug-likeness (QED) is 0.778. The van der Waals surface area contributed by atoms with E-state index < -0.39 is 35.3 Å². The molecule has 0 saturated heterocycles. The molecule has 0 spiro atoms. The second-order valence-corrected chi connectivity index (χ2v) is 6.13. The second-order valence-electron chi connectivity index (χ2n) is 5.21. The van der Waals surface area contributed by atoms with Gasteiger partial charge in [-0.25, -0.2) is 9.78 Å². The van der Waals surface area contributed by atoms with Crippen LogP contribution in [0.2, 0.25) is 0 Å². The maximum absolute atomic E-state index is 13.3. The SMILES string of the molecule is CC(C)Oc1nc(-c2ccc(Br)cc2)cc(C(F)(F)F)c1C(=O)O. The predicted octanol–water partition coefficient (Wildman–Crippen LogP) is 5.02. The maximum Gasteiger partial charge on any atom is 0.417 e. The number of benzene rings is 1. The molecule has 0 amide bonds. The van der Waals surface area contributed by atoms with Gasteiger partial charge in [0.05, 0.1) is 17.4 Å². The Morgan fingerprint density at radius 2 is 1.83 bits per heavy atom. The summed E-state index contributed by atoms with van der Waals surface area (Å²) in [4.78, 5) is 15.3. The zero-order valence-corrected chi connectivity index (χ0v) is 14.3. The van der Waals surface area contributed by atoms with Crippen LogP contribution in [0.15, 0.2) is 34.8 Å². The summed E-state index contributed by atoms with van der Waals surface area (Å²) in [5, 5.41) is 9.19. The second kappa shape index (κ2) is 6.80. The minimum absolute atomic E-state index is 0.0181. The summed E-state index contributed by atoms with van der Waals surface area (Å²) in [5.41, 5.74) is -1.89. The van der Waals surface area contributed by atoms with Crippen LogP contribution in [0.1, 0.15) is 29.8 Å². The van der Waals surface area contributed by atoms with Gasteiger partial charge in [0, 0.05) is 10.0 Å². The van der Waals surface area contributed by atoms with Crippen LogP contribution in [0.5, 0.6) is 5.88 Å². The van der Waals surface area contributed by atoms with E-state index in [1.54, 1.807) is 38.1 Å². The normalized spacial score (nSPS) is 11.6. The number of halogens is 4. The molecule has 0 aliphatic heterocycles. The molecule has 1 N–H and O–H groups in total. The van der Waals surface area contributed by atoms with Gasteiger partial charge in [0.25, 0.3) is 0 Å². The molecule has 8 heteroatoms. The number of nitrogens with zero attached hydrogens (tertiary/aromatic N) is 1. The van der Waals surface area contributed by atoms with Crippen LogP contribution < -0.4 is 4.74 Å². The van der Waals surface area contributed by atoms with Gasteiger partial charge >= 0.3 is 12.1 Å². The molecule has 1 aromatic carbocycles. The lowest BCUT2D eigenvalue weighted by Crippen LogP contribution is -2.18. The monoisotopic (exact) mass is 403 g/mol. The van der Waals surface area contributed by atoms with E-state index in [2.05, 4.69) is 20.9 Å². The van der Waals surface area contributed by atoms with Crippen molar-refractivity contribution in [3.8, 4) is 17.1 Å². The van der Waals surface area contributed by atoms with Gasteiger partial charge in [-0.1, -0.05) is 28.1 Å². The molecule has 0 saturated carbocycles. The van der Waals surface area contributed by atoms with E-state index in [-0.39, 0.29) is 5.69 Å². The molecule has 4 nitrogen and oxygen atoms in total. The molecule has 0 radical (unpaired) electrons. The van der Waals surface area contributed by atoms with E-state index in [4.69, 9.17) is 4.74 Å². The summed E-state index contributed by atoms with van der Waals surface area (Å²) in [6.07, 6.45) is -5.38. The van der Waals surface area contributed by atoms with Crippen molar-refractivity contribution in [1.29, 1.82) is 0 Å². The summed E-state index contributed by atoms with van der Waals surface area (Å²) in [7, 11) is 0. The number of pyridine rings is 1. The Morgan fingerprint density at radius 1 is 1.25 bits per heavy atom. The number of carbonyl (C=O) groups is 1. The van der Waals surface area contributed by atoms with Crippen molar-refractivity contribution in [3.05, 3.63) is 45.9 Å². The van der Waals surface area contributed by atoms with Crippen molar-refractivity contribution in [2.75, 3.05) is 0 Å². The summed E-state index contributed by atoms with van der Waals surface area (Å²) < 4.78 is 46.0. The molecule has 0 fully saturated rings. The highest BCUT2D eigenvalue weighted by atomic mass is 79.9. The average molecular weight is 404 g/mol. The fraction of sp³-hybridized carbons (Fsp3) is 0.250. The molecule has 0 bridgehead atoms. The summed E-state index contributed by atoms with van der Waals surface area (Å²) in [5.74, 6) is -2.29. The molecule has 0 aliphatic carbocycles. The third kappa shape index (κ3) is 4.05. The van der Waals surface area contributed by atoms with E-state index in [0.717, 1.165) is 10.5 Å². The average Bonchev–Trinajstić information content (AvgIpc) is 2.45. The summed E-state index contributed by atoms with van der Waals surface area (Å²) in [6, 6.07) is 7.18. The van der Waals surface area contributed by atoms with Crippen molar-refractivity contribution in [2.45, 2.75) is 26.1 Å². The van der Waals surface area contributed by atoms with Gasteiger partial charge in [-0.05, 0) is 32.0 Å². The van der Waals surface area contributed by atoms with Crippen LogP contribution >= 0.6 is 15.9 Å². The van der Waals surface area contributed by atoms with Crippen LogP contribution in [0.25, 0.3) is 11.3 Å². The molecule has 0 aliphatic rings. The van der Waals surface area contributed by atoms with E-state index in [0.29, 0.717) is 5.56 Å². The lowest BCUT2D eigenvalue weighted by Gasteiger charge is -2.17. The highest BCUT2D eigenvalue weighted by Gasteiger charge is 2.39. The lowest BCUT2D eigenvalue weighted by atomic mass is 10.0. The van der Waals surface area contributed by atoms with Gasteiger partial charge in [0.2, 0.25) is 5.88 Å². The van der Waals surface area contributed by atoms with Crippen molar-refractivity contribution in [1.82, 2.24) is 4.98 Å². The third-order valence-electron chi connectivity index (χ3n) is 2.99. The van der Waals surface area contributed by atoms with E-state index in [9.17, 15) is 23.1 Å². The van der Waals surface area contributed by atoms with Crippen LogP contribution in [0.4, 0.5) is 13.2 Å². The standard InChI is InChI=1S/C16H13BrF3NO3/c1-8(2)24-14-13(15(22)23)11(16(18,19)20)7-12(21-14)9-3-5-10(17)6-4-9/h3-8H,1-2H3,(H,22,23). The number of aromatic carboxylic acids is 1. The molecule has 2 aromatic rings. The minimum Gasteiger partial charge on any atom is -0.477 e. The first kappa shape index (κ1) is 18.3. The van der Waals surface area contributed by atoms with Crippen molar-refractivity contribution >= 4 is 21.9 Å². The van der Waals surface area contributed by atoms with Gasteiger partial charge in [-0.15, -0.1) is 0 Å². The Morgan fingerprint density at radius 3 is 2.29 bits per heavy atom. The number of carboxylic acid groups (broad SMARTS) is 1. The Labute approximate surface area is 144 Å². The first-order valence-corrected chi connectivity index (χ1v) is 7.67. The topological polar surface area (TPSA) is 59.4 Å². The van der Waals surface area contributed by atoms with E-state index >= 15 is 0 Å². The van der Waals surface area contributed by atoms with Gasteiger partial charge in [-0.3, -0.25) is 0 Å². The smallest absolute Gasteiger partial charge is 0.417 e.